The maximum absolute atomic E-state index is 11.6. The molecule has 100 valence electrons. The Morgan fingerprint density at radius 2 is 2.06 bits per heavy atom. The summed E-state index contributed by atoms with van der Waals surface area (Å²) >= 11 is 3.85. The molecule has 0 spiro atoms. The zero-order valence-electron chi connectivity index (χ0n) is 9.05. The molecule has 1 aromatic heterocycles. The minimum atomic E-state index is -1.39. The van der Waals surface area contributed by atoms with Crippen molar-refractivity contribution < 1.29 is 20.1 Å². The molecule has 1 aromatic rings. The van der Waals surface area contributed by atoms with E-state index in [0.717, 1.165) is 10.8 Å². The topological polar surface area (TPSA) is 125 Å². The molecule has 0 amide bonds. The van der Waals surface area contributed by atoms with Gasteiger partial charge in [-0.05, 0) is 0 Å². The van der Waals surface area contributed by atoms with Gasteiger partial charge < -0.3 is 20.1 Å². The highest BCUT2D eigenvalue weighted by Gasteiger charge is 2.43. The summed E-state index contributed by atoms with van der Waals surface area (Å²) in [6, 6.07) is 0. The predicted octanol–water partition coefficient (Wildman–Crippen LogP) is -2.56. The molecular formula is C9H12N2O6S. The Kier molecular flexibility index (Phi) is 3.59. The normalized spacial score (nSPS) is 31.8. The standard InChI is InChI=1S/C9H12N2O6S/c12-2-3-5(13)6(14)8(17-3)11-1-4(18)7(15)10-9(11)16/h1,3,5-6,8,12-14,18H,2H2,(H,10,15,16)/t3-,5?,6?,8-/m0/s1. The van der Waals surface area contributed by atoms with E-state index in [0.29, 0.717) is 0 Å². The molecule has 2 heterocycles. The van der Waals surface area contributed by atoms with E-state index in [1.165, 1.54) is 0 Å². The number of hydrogen-bond donors (Lipinski definition) is 5. The molecule has 0 bridgehead atoms. The molecule has 4 N–H and O–H groups in total. The van der Waals surface area contributed by atoms with Crippen molar-refractivity contribution in [3.05, 3.63) is 27.0 Å². The summed E-state index contributed by atoms with van der Waals surface area (Å²) in [5.41, 5.74) is -1.46. The highest BCUT2D eigenvalue weighted by Crippen LogP contribution is 2.28. The maximum Gasteiger partial charge on any atom is 0.330 e. The van der Waals surface area contributed by atoms with Gasteiger partial charge in [-0.15, -0.1) is 12.6 Å². The van der Waals surface area contributed by atoms with Crippen molar-refractivity contribution in [1.82, 2.24) is 9.55 Å². The molecule has 1 saturated heterocycles. The molecule has 18 heavy (non-hydrogen) atoms. The lowest BCUT2D eigenvalue weighted by Crippen LogP contribution is -2.38. The quantitative estimate of drug-likeness (QED) is 0.378. The van der Waals surface area contributed by atoms with Gasteiger partial charge in [0.05, 0.1) is 11.5 Å². The third-order valence-corrected chi connectivity index (χ3v) is 3.06. The third-order valence-electron chi connectivity index (χ3n) is 2.74. The first kappa shape index (κ1) is 13.3. The highest BCUT2D eigenvalue weighted by molar-refractivity contribution is 7.80. The Morgan fingerprint density at radius 1 is 1.39 bits per heavy atom. The first-order valence-electron chi connectivity index (χ1n) is 5.12. The second kappa shape index (κ2) is 4.86. The van der Waals surface area contributed by atoms with Crippen LogP contribution in [-0.4, -0.2) is 49.8 Å². The van der Waals surface area contributed by atoms with Crippen LogP contribution in [0.5, 0.6) is 0 Å². The van der Waals surface area contributed by atoms with Gasteiger partial charge in [-0.3, -0.25) is 14.3 Å². The summed E-state index contributed by atoms with van der Waals surface area (Å²) in [5, 5.41) is 28.2. The Balaban J connectivity index is 2.42. The number of nitrogens with one attached hydrogen (secondary N) is 1. The van der Waals surface area contributed by atoms with Gasteiger partial charge in [0.1, 0.15) is 18.3 Å². The van der Waals surface area contributed by atoms with E-state index >= 15 is 0 Å². The predicted molar refractivity (Wildman–Crippen MR) is 61.6 cm³/mol. The molecule has 4 atom stereocenters. The van der Waals surface area contributed by atoms with Crippen LogP contribution in [0.25, 0.3) is 0 Å². The lowest BCUT2D eigenvalue weighted by Gasteiger charge is -2.17. The molecular weight excluding hydrogens is 264 g/mol. The minimum Gasteiger partial charge on any atom is -0.394 e. The number of rotatable bonds is 2. The molecule has 1 aliphatic rings. The van der Waals surface area contributed by atoms with Crippen LogP contribution in [0.2, 0.25) is 0 Å². The van der Waals surface area contributed by atoms with Gasteiger partial charge in [0, 0.05) is 6.20 Å². The summed E-state index contributed by atoms with van der Waals surface area (Å²) in [4.78, 5) is 24.7. The molecule has 0 radical (unpaired) electrons. The number of ether oxygens (including phenoxy) is 1. The molecule has 8 nitrogen and oxygen atoms in total. The van der Waals surface area contributed by atoms with Crippen LogP contribution in [-0.2, 0) is 4.74 Å². The van der Waals surface area contributed by atoms with Gasteiger partial charge in [0.25, 0.3) is 5.56 Å². The number of H-pyrrole nitrogens is 1. The summed E-state index contributed by atoms with van der Waals surface area (Å²) in [6.45, 7) is -0.499. The summed E-state index contributed by atoms with van der Waals surface area (Å²) in [5.74, 6) is 0. The number of aromatic nitrogens is 2. The van der Waals surface area contributed by atoms with Crippen molar-refractivity contribution in [1.29, 1.82) is 0 Å². The number of aromatic amines is 1. The van der Waals surface area contributed by atoms with E-state index in [9.17, 15) is 19.8 Å². The van der Waals surface area contributed by atoms with E-state index in [1.54, 1.807) is 0 Å². The summed E-state index contributed by atoms with van der Waals surface area (Å²) in [7, 11) is 0. The van der Waals surface area contributed by atoms with Crippen LogP contribution < -0.4 is 11.2 Å². The lowest BCUT2D eigenvalue weighted by molar-refractivity contribution is -0.0553. The van der Waals surface area contributed by atoms with Crippen molar-refractivity contribution in [2.24, 2.45) is 0 Å². The van der Waals surface area contributed by atoms with Crippen molar-refractivity contribution in [3.8, 4) is 0 Å². The van der Waals surface area contributed by atoms with E-state index < -0.39 is 42.4 Å². The SMILES string of the molecule is O=c1[nH]c(=O)n([C@H]2O[C@@H](CO)C(O)C2O)cc1S. The Bertz CT molecular complexity index is 555. The van der Waals surface area contributed by atoms with E-state index in [4.69, 9.17) is 9.84 Å². The molecule has 1 fully saturated rings. The van der Waals surface area contributed by atoms with E-state index in [2.05, 4.69) is 12.6 Å². The molecule has 0 saturated carbocycles. The zero-order valence-corrected chi connectivity index (χ0v) is 9.95. The first-order chi connectivity index (χ1) is 8.45. The molecule has 1 aliphatic heterocycles. The fraction of sp³-hybridized carbons (Fsp3) is 0.556. The van der Waals surface area contributed by atoms with Crippen molar-refractivity contribution in [2.75, 3.05) is 6.61 Å². The van der Waals surface area contributed by atoms with Crippen molar-refractivity contribution in [2.45, 2.75) is 29.4 Å². The molecule has 0 aliphatic carbocycles. The smallest absolute Gasteiger partial charge is 0.330 e. The van der Waals surface area contributed by atoms with Gasteiger partial charge in [-0.1, -0.05) is 0 Å². The summed E-state index contributed by atoms with van der Waals surface area (Å²) in [6.07, 6.45) is -3.79. The van der Waals surface area contributed by atoms with Crippen LogP contribution in [0.4, 0.5) is 0 Å². The highest BCUT2D eigenvalue weighted by atomic mass is 32.1. The number of aliphatic hydroxyl groups excluding tert-OH is 3. The average molecular weight is 276 g/mol. The molecule has 2 rings (SSSR count). The molecule has 0 aromatic carbocycles. The van der Waals surface area contributed by atoms with Crippen molar-refractivity contribution in [3.63, 3.8) is 0 Å². The fourth-order valence-corrected chi connectivity index (χ4v) is 1.95. The minimum absolute atomic E-state index is 0.0349. The second-order valence-corrected chi connectivity index (χ2v) is 4.39. The number of aliphatic hydroxyl groups is 3. The number of hydrogen-bond acceptors (Lipinski definition) is 7. The molecule has 9 heteroatoms. The van der Waals surface area contributed by atoms with Crippen LogP contribution >= 0.6 is 12.6 Å². The van der Waals surface area contributed by atoms with E-state index in [-0.39, 0.29) is 4.90 Å². The molecule has 2 unspecified atom stereocenters. The van der Waals surface area contributed by atoms with Gasteiger partial charge in [-0.25, -0.2) is 4.79 Å². The maximum atomic E-state index is 11.6. The third kappa shape index (κ3) is 2.10. The Hall–Kier alpha value is -1.13. The van der Waals surface area contributed by atoms with Gasteiger partial charge in [0.15, 0.2) is 6.23 Å². The van der Waals surface area contributed by atoms with E-state index in [1.807, 2.05) is 4.98 Å². The first-order valence-corrected chi connectivity index (χ1v) is 5.57. The lowest BCUT2D eigenvalue weighted by atomic mass is 10.1. The van der Waals surface area contributed by atoms with Crippen LogP contribution in [0.15, 0.2) is 20.7 Å². The second-order valence-electron chi connectivity index (χ2n) is 3.91. The van der Waals surface area contributed by atoms with Gasteiger partial charge in [0.2, 0.25) is 0 Å². The van der Waals surface area contributed by atoms with Crippen molar-refractivity contribution >= 4 is 12.6 Å². The van der Waals surface area contributed by atoms with Crippen LogP contribution in [0.3, 0.4) is 0 Å². The number of nitrogens with zero attached hydrogens (tertiary/aromatic N) is 1. The Labute approximate surface area is 106 Å². The fourth-order valence-electron chi connectivity index (χ4n) is 1.77. The number of thiol groups is 1. The zero-order chi connectivity index (χ0) is 13.4. The average Bonchev–Trinajstić information content (AvgIpc) is 2.61. The summed E-state index contributed by atoms with van der Waals surface area (Å²) < 4.78 is 6.06. The van der Waals surface area contributed by atoms with Gasteiger partial charge >= 0.3 is 5.69 Å². The van der Waals surface area contributed by atoms with Crippen LogP contribution in [0, 0.1) is 0 Å². The van der Waals surface area contributed by atoms with Gasteiger partial charge in [-0.2, -0.15) is 0 Å². The monoisotopic (exact) mass is 276 g/mol. The van der Waals surface area contributed by atoms with Crippen LogP contribution in [0.1, 0.15) is 6.23 Å². The Morgan fingerprint density at radius 3 is 2.61 bits per heavy atom. The largest absolute Gasteiger partial charge is 0.394 e.